The zero-order chi connectivity index (χ0) is 22.9. The van der Waals surface area contributed by atoms with Crippen molar-refractivity contribution in [1.29, 1.82) is 0 Å². The van der Waals surface area contributed by atoms with Gasteiger partial charge in [0, 0.05) is 56.2 Å². The van der Waals surface area contributed by atoms with Gasteiger partial charge in [-0.15, -0.1) is 0 Å². The van der Waals surface area contributed by atoms with Crippen LogP contribution in [0.3, 0.4) is 0 Å². The average Bonchev–Trinajstić information content (AvgIpc) is 3.66. The molecule has 7 nitrogen and oxygen atoms in total. The van der Waals surface area contributed by atoms with Crippen LogP contribution in [-0.2, 0) is 13.0 Å². The van der Waals surface area contributed by atoms with Crippen molar-refractivity contribution in [2.24, 2.45) is 0 Å². The summed E-state index contributed by atoms with van der Waals surface area (Å²) >= 11 is 0. The third-order valence-corrected chi connectivity index (χ3v) is 7.36. The molecular weight excluding hydrogens is 428 g/mol. The maximum atomic E-state index is 13.0. The average molecular weight is 459 g/mol. The molecule has 1 aromatic heterocycles. The van der Waals surface area contributed by atoms with E-state index in [2.05, 4.69) is 39.3 Å². The van der Waals surface area contributed by atoms with Crippen LogP contribution in [0.25, 0.3) is 11.4 Å². The number of hydrogen-bond acceptors (Lipinski definition) is 6. The van der Waals surface area contributed by atoms with Gasteiger partial charge < -0.3 is 14.2 Å². The van der Waals surface area contributed by atoms with E-state index in [-0.39, 0.29) is 5.91 Å². The van der Waals surface area contributed by atoms with Crippen LogP contribution in [0.2, 0.25) is 0 Å². The minimum Gasteiger partial charge on any atom is -0.493 e. The Morgan fingerprint density at radius 1 is 1.00 bits per heavy atom. The molecular formula is C27H30N4O3. The first kappa shape index (κ1) is 21.4. The Bertz CT molecular complexity index is 1160. The molecule has 3 aliphatic rings. The van der Waals surface area contributed by atoms with Gasteiger partial charge in [0.15, 0.2) is 0 Å². The molecule has 1 amide bonds. The van der Waals surface area contributed by atoms with Crippen LogP contribution in [0.1, 0.15) is 59.0 Å². The first-order valence-corrected chi connectivity index (χ1v) is 12.4. The Labute approximate surface area is 199 Å². The highest BCUT2D eigenvalue weighted by Gasteiger charge is 2.25. The van der Waals surface area contributed by atoms with E-state index in [4.69, 9.17) is 9.26 Å². The summed E-state index contributed by atoms with van der Waals surface area (Å²) in [5.41, 5.74) is 4.16. The van der Waals surface area contributed by atoms with Crippen LogP contribution < -0.4 is 4.74 Å². The summed E-state index contributed by atoms with van der Waals surface area (Å²) in [6, 6.07) is 14.3. The number of carbonyl (C=O) groups excluding carboxylic acids is 1. The fourth-order valence-electron chi connectivity index (χ4n) is 5.32. The minimum atomic E-state index is 0.121. The quantitative estimate of drug-likeness (QED) is 0.568. The lowest BCUT2D eigenvalue weighted by Gasteiger charge is -2.34. The van der Waals surface area contributed by atoms with Crippen LogP contribution in [0.4, 0.5) is 0 Å². The first-order valence-electron chi connectivity index (χ1n) is 12.4. The highest BCUT2D eigenvalue weighted by atomic mass is 16.5. The first-order chi connectivity index (χ1) is 16.7. The lowest BCUT2D eigenvalue weighted by atomic mass is 10.1. The third kappa shape index (κ3) is 4.32. The van der Waals surface area contributed by atoms with Gasteiger partial charge in [0.25, 0.3) is 5.91 Å². The smallest absolute Gasteiger partial charge is 0.253 e. The number of piperazine rings is 1. The van der Waals surface area contributed by atoms with E-state index in [0.717, 1.165) is 80.3 Å². The molecule has 0 atom stereocenters. The number of aromatic nitrogens is 2. The summed E-state index contributed by atoms with van der Waals surface area (Å²) in [7, 11) is 0. The molecule has 7 heteroatoms. The number of amides is 1. The number of ether oxygens (including phenoxy) is 1. The zero-order valence-corrected chi connectivity index (χ0v) is 19.4. The standard InChI is InChI=1S/C27H30N4O3/c32-27(23-9-10-24-22(17-23)11-16-33-24)31-14-12-30(13-15-31)18-19-5-7-20(8-6-19)25-28-26(34-29-25)21-3-1-2-4-21/h5-10,17,21H,1-4,11-16,18H2. The molecule has 3 heterocycles. The summed E-state index contributed by atoms with van der Waals surface area (Å²) in [5.74, 6) is 2.94. The third-order valence-electron chi connectivity index (χ3n) is 7.36. The van der Waals surface area contributed by atoms with Crippen molar-refractivity contribution < 1.29 is 14.1 Å². The van der Waals surface area contributed by atoms with Crippen LogP contribution in [0.5, 0.6) is 5.75 Å². The molecule has 0 unspecified atom stereocenters. The second-order valence-corrected chi connectivity index (χ2v) is 9.62. The normalized spacial score (nSPS) is 18.8. The van der Waals surface area contributed by atoms with Crippen molar-refractivity contribution in [3.63, 3.8) is 0 Å². The summed E-state index contributed by atoms with van der Waals surface area (Å²) in [4.78, 5) is 22.0. The molecule has 34 heavy (non-hydrogen) atoms. The van der Waals surface area contributed by atoms with Gasteiger partial charge in [-0.05, 0) is 42.2 Å². The lowest BCUT2D eigenvalue weighted by molar-refractivity contribution is 0.0628. The van der Waals surface area contributed by atoms with Gasteiger partial charge in [0.05, 0.1) is 6.61 Å². The Hall–Kier alpha value is -3.19. The van der Waals surface area contributed by atoms with Gasteiger partial charge in [-0.1, -0.05) is 42.3 Å². The van der Waals surface area contributed by atoms with Crippen molar-refractivity contribution in [3.8, 4) is 17.1 Å². The van der Waals surface area contributed by atoms with Crippen molar-refractivity contribution in [2.75, 3.05) is 32.8 Å². The molecule has 176 valence electrons. The topological polar surface area (TPSA) is 71.7 Å². The molecule has 2 fully saturated rings. The number of carbonyl (C=O) groups is 1. The number of fused-ring (bicyclic) bond motifs is 1. The van der Waals surface area contributed by atoms with E-state index in [1.54, 1.807) is 0 Å². The van der Waals surface area contributed by atoms with E-state index < -0.39 is 0 Å². The van der Waals surface area contributed by atoms with Crippen LogP contribution in [0.15, 0.2) is 47.0 Å². The molecule has 0 radical (unpaired) electrons. The van der Waals surface area contributed by atoms with E-state index in [1.807, 2.05) is 23.1 Å². The predicted molar refractivity (Wildman–Crippen MR) is 128 cm³/mol. The molecule has 0 spiro atoms. The fraction of sp³-hybridized carbons (Fsp3) is 0.444. The summed E-state index contributed by atoms with van der Waals surface area (Å²) in [6.07, 6.45) is 5.70. The van der Waals surface area contributed by atoms with Gasteiger partial charge in [0.2, 0.25) is 11.7 Å². The summed E-state index contributed by atoms with van der Waals surface area (Å²) < 4.78 is 11.1. The Morgan fingerprint density at radius 3 is 2.59 bits per heavy atom. The molecule has 1 saturated heterocycles. The molecule has 2 aliphatic heterocycles. The molecule has 1 saturated carbocycles. The van der Waals surface area contributed by atoms with Gasteiger partial charge in [-0.2, -0.15) is 4.98 Å². The SMILES string of the molecule is O=C(c1ccc2c(c1)CCO2)N1CCN(Cc2ccc(-c3noc(C4CCCC4)n3)cc2)CC1. The Kier molecular flexibility index (Phi) is 5.79. The zero-order valence-electron chi connectivity index (χ0n) is 19.4. The van der Waals surface area contributed by atoms with Crippen molar-refractivity contribution in [2.45, 2.75) is 44.6 Å². The Balaban J connectivity index is 1.03. The van der Waals surface area contributed by atoms with Gasteiger partial charge in [-0.3, -0.25) is 9.69 Å². The lowest BCUT2D eigenvalue weighted by Crippen LogP contribution is -2.48. The molecule has 1 aliphatic carbocycles. The van der Waals surface area contributed by atoms with Crippen LogP contribution in [-0.4, -0.2) is 58.6 Å². The monoisotopic (exact) mass is 458 g/mol. The second-order valence-electron chi connectivity index (χ2n) is 9.62. The summed E-state index contributed by atoms with van der Waals surface area (Å²) in [6.45, 7) is 4.82. The van der Waals surface area contributed by atoms with Crippen molar-refractivity contribution in [1.82, 2.24) is 19.9 Å². The number of hydrogen-bond donors (Lipinski definition) is 0. The van der Waals surface area contributed by atoms with Crippen LogP contribution >= 0.6 is 0 Å². The predicted octanol–water partition coefficient (Wildman–Crippen LogP) is 4.29. The van der Waals surface area contributed by atoms with E-state index >= 15 is 0 Å². The molecule has 3 aromatic rings. The van der Waals surface area contributed by atoms with E-state index in [0.29, 0.717) is 18.3 Å². The highest BCUT2D eigenvalue weighted by Crippen LogP contribution is 2.34. The highest BCUT2D eigenvalue weighted by molar-refractivity contribution is 5.94. The number of nitrogens with zero attached hydrogens (tertiary/aromatic N) is 4. The van der Waals surface area contributed by atoms with Crippen molar-refractivity contribution in [3.05, 3.63) is 65.0 Å². The molecule has 2 aromatic carbocycles. The van der Waals surface area contributed by atoms with E-state index in [1.165, 1.54) is 18.4 Å². The number of benzene rings is 2. The largest absolute Gasteiger partial charge is 0.493 e. The molecule has 0 bridgehead atoms. The van der Waals surface area contributed by atoms with Crippen LogP contribution in [0, 0.1) is 0 Å². The summed E-state index contributed by atoms with van der Waals surface area (Å²) in [5, 5.41) is 4.20. The second kappa shape index (κ2) is 9.22. The van der Waals surface area contributed by atoms with Crippen molar-refractivity contribution >= 4 is 5.91 Å². The van der Waals surface area contributed by atoms with E-state index in [9.17, 15) is 4.79 Å². The fourth-order valence-corrected chi connectivity index (χ4v) is 5.32. The Morgan fingerprint density at radius 2 is 1.79 bits per heavy atom. The number of rotatable bonds is 5. The van der Waals surface area contributed by atoms with Gasteiger partial charge in [0.1, 0.15) is 5.75 Å². The van der Waals surface area contributed by atoms with Gasteiger partial charge >= 0.3 is 0 Å². The molecule has 0 N–H and O–H groups in total. The molecule has 6 rings (SSSR count). The maximum absolute atomic E-state index is 13.0. The minimum absolute atomic E-state index is 0.121. The van der Waals surface area contributed by atoms with Gasteiger partial charge in [-0.25, -0.2) is 0 Å². The maximum Gasteiger partial charge on any atom is 0.253 e.